The van der Waals surface area contributed by atoms with Crippen LogP contribution in [0.2, 0.25) is 0 Å². The van der Waals surface area contributed by atoms with Gasteiger partial charge in [-0.05, 0) is 42.9 Å². The molecule has 2 aromatic rings. The van der Waals surface area contributed by atoms with Crippen LogP contribution in [0.15, 0.2) is 28.9 Å². The fourth-order valence-electron chi connectivity index (χ4n) is 4.62. The minimum Gasteiger partial charge on any atom is -0.463 e. The normalized spacial score (nSPS) is 16.4. The summed E-state index contributed by atoms with van der Waals surface area (Å²) in [6, 6.07) is 4.98. The fraction of sp³-hybridized carbons (Fsp3) is 0.615. The van der Waals surface area contributed by atoms with Gasteiger partial charge < -0.3 is 14.6 Å². The Kier molecular flexibility index (Phi) is 9.31. The van der Waals surface area contributed by atoms with Crippen molar-refractivity contribution in [3.63, 3.8) is 0 Å². The summed E-state index contributed by atoms with van der Waals surface area (Å²) >= 11 is 0. The summed E-state index contributed by atoms with van der Waals surface area (Å²) in [5.74, 6) is -0.0582. The number of aromatic nitrogens is 2. The molecule has 0 unspecified atom stereocenters. The molecule has 3 heterocycles. The first-order valence-electron chi connectivity index (χ1n) is 12.7. The van der Waals surface area contributed by atoms with Crippen molar-refractivity contribution in [2.24, 2.45) is 11.3 Å². The van der Waals surface area contributed by atoms with E-state index in [0.717, 1.165) is 37.1 Å². The van der Waals surface area contributed by atoms with Crippen molar-refractivity contribution in [1.82, 2.24) is 25.5 Å². The summed E-state index contributed by atoms with van der Waals surface area (Å²) in [4.78, 5) is 39.4. The molecule has 2 atom stereocenters. The molecule has 0 saturated carbocycles. The van der Waals surface area contributed by atoms with E-state index in [4.69, 9.17) is 4.42 Å². The van der Waals surface area contributed by atoms with Gasteiger partial charge in [-0.3, -0.25) is 24.7 Å². The molecule has 0 aromatic carbocycles. The molecule has 0 spiro atoms. The SMILES string of the molecule is CCCC[C@H](CN(O)C=O)C(=O)N[C@H](C(=O)N1CCC(c2cc(-c3ccco3)n[nH]2)CC1)C(C)(C)C. The number of carbonyl (C=O) groups is 3. The van der Waals surface area contributed by atoms with Gasteiger partial charge >= 0.3 is 0 Å². The Hall–Kier alpha value is -3.14. The molecule has 10 nitrogen and oxygen atoms in total. The summed E-state index contributed by atoms with van der Waals surface area (Å²) in [7, 11) is 0. The molecule has 1 fully saturated rings. The molecule has 36 heavy (non-hydrogen) atoms. The van der Waals surface area contributed by atoms with Gasteiger partial charge in [0, 0.05) is 24.7 Å². The molecule has 2 aromatic heterocycles. The van der Waals surface area contributed by atoms with Crippen LogP contribution in [0.4, 0.5) is 0 Å². The Labute approximate surface area is 212 Å². The van der Waals surface area contributed by atoms with Crippen LogP contribution < -0.4 is 5.32 Å². The van der Waals surface area contributed by atoms with E-state index in [1.165, 1.54) is 0 Å². The highest BCUT2D eigenvalue weighted by Crippen LogP contribution is 2.31. The van der Waals surface area contributed by atoms with Crippen LogP contribution in [0.1, 0.15) is 71.4 Å². The summed E-state index contributed by atoms with van der Waals surface area (Å²) in [6.45, 7) is 8.84. The second-order valence-electron chi connectivity index (χ2n) is 10.7. The van der Waals surface area contributed by atoms with Gasteiger partial charge in [0.2, 0.25) is 18.2 Å². The van der Waals surface area contributed by atoms with Gasteiger partial charge in [0.1, 0.15) is 11.7 Å². The summed E-state index contributed by atoms with van der Waals surface area (Å²) < 4.78 is 5.42. The summed E-state index contributed by atoms with van der Waals surface area (Å²) in [6.07, 6.45) is 5.66. The minimum absolute atomic E-state index is 0.101. The van der Waals surface area contributed by atoms with Crippen LogP contribution >= 0.6 is 0 Å². The molecule has 0 aliphatic carbocycles. The highest BCUT2D eigenvalue weighted by molar-refractivity contribution is 5.89. The van der Waals surface area contributed by atoms with Crippen molar-refractivity contribution in [3.05, 3.63) is 30.2 Å². The first kappa shape index (κ1) is 27.4. The smallest absolute Gasteiger partial charge is 0.245 e. The molecular formula is C26H39N5O5. The van der Waals surface area contributed by atoms with Crippen molar-refractivity contribution in [2.75, 3.05) is 19.6 Å². The van der Waals surface area contributed by atoms with Crippen molar-refractivity contribution in [3.8, 4) is 11.5 Å². The molecule has 1 saturated heterocycles. The average molecular weight is 502 g/mol. The van der Waals surface area contributed by atoms with Gasteiger partial charge in [0.05, 0.1) is 18.7 Å². The zero-order valence-electron chi connectivity index (χ0n) is 21.7. The van der Waals surface area contributed by atoms with E-state index in [-0.39, 0.29) is 24.3 Å². The number of amides is 3. The van der Waals surface area contributed by atoms with Crippen LogP contribution in [0, 0.1) is 11.3 Å². The molecular weight excluding hydrogens is 462 g/mol. The van der Waals surface area contributed by atoms with E-state index in [9.17, 15) is 19.6 Å². The molecule has 1 aliphatic heterocycles. The van der Waals surface area contributed by atoms with Crippen molar-refractivity contribution < 1.29 is 24.0 Å². The van der Waals surface area contributed by atoms with E-state index >= 15 is 0 Å². The number of piperidine rings is 1. The third-order valence-corrected chi connectivity index (χ3v) is 6.82. The molecule has 3 rings (SSSR count). The summed E-state index contributed by atoms with van der Waals surface area (Å²) in [5.41, 5.74) is 1.28. The number of rotatable bonds is 11. The number of H-pyrrole nitrogens is 1. The molecule has 3 N–H and O–H groups in total. The maximum absolute atomic E-state index is 13.6. The second kappa shape index (κ2) is 12.2. The number of hydrogen-bond acceptors (Lipinski definition) is 6. The number of nitrogens with one attached hydrogen (secondary N) is 2. The van der Waals surface area contributed by atoms with E-state index in [1.54, 1.807) is 6.26 Å². The highest BCUT2D eigenvalue weighted by Gasteiger charge is 2.38. The van der Waals surface area contributed by atoms with E-state index in [1.807, 2.05) is 50.8 Å². The fourth-order valence-corrected chi connectivity index (χ4v) is 4.62. The Morgan fingerprint density at radius 1 is 1.36 bits per heavy atom. The predicted octanol–water partition coefficient (Wildman–Crippen LogP) is 3.56. The number of carbonyl (C=O) groups excluding carboxylic acids is 3. The monoisotopic (exact) mass is 501 g/mol. The van der Waals surface area contributed by atoms with Gasteiger partial charge in [0.15, 0.2) is 5.76 Å². The maximum atomic E-state index is 13.6. The van der Waals surface area contributed by atoms with Crippen molar-refractivity contribution in [2.45, 2.75) is 71.8 Å². The summed E-state index contributed by atoms with van der Waals surface area (Å²) in [5, 5.41) is 20.6. The standard InChI is InChI=1S/C26H39N5O5/c1-5-6-8-19(16-31(35)17-32)24(33)27-23(26(2,3)4)25(34)30-12-10-18(11-13-30)20-15-21(29-28-20)22-9-7-14-36-22/h7,9,14-15,17-19,23,35H,5-6,8,10-13,16H2,1-4H3,(H,27,33)(H,28,29)/t19-,23-/m1/s1. The molecule has 0 bridgehead atoms. The Bertz CT molecular complexity index is 989. The van der Waals surface area contributed by atoms with Crippen LogP contribution in [-0.2, 0) is 14.4 Å². The van der Waals surface area contributed by atoms with E-state index in [2.05, 4.69) is 15.5 Å². The number of aromatic amines is 1. The predicted molar refractivity (Wildman–Crippen MR) is 134 cm³/mol. The minimum atomic E-state index is -0.716. The lowest BCUT2D eigenvalue weighted by Gasteiger charge is -2.38. The zero-order valence-corrected chi connectivity index (χ0v) is 21.7. The topological polar surface area (TPSA) is 132 Å². The first-order chi connectivity index (χ1) is 17.1. The van der Waals surface area contributed by atoms with Crippen LogP contribution in [-0.4, -0.2) is 69.3 Å². The lowest BCUT2D eigenvalue weighted by atomic mass is 9.84. The van der Waals surface area contributed by atoms with Gasteiger partial charge in [-0.2, -0.15) is 5.10 Å². The Morgan fingerprint density at radius 3 is 2.67 bits per heavy atom. The largest absolute Gasteiger partial charge is 0.463 e. The van der Waals surface area contributed by atoms with Crippen LogP contribution in [0.25, 0.3) is 11.5 Å². The lowest BCUT2D eigenvalue weighted by Crippen LogP contribution is -2.57. The molecule has 198 valence electrons. The van der Waals surface area contributed by atoms with Crippen LogP contribution in [0.5, 0.6) is 0 Å². The Morgan fingerprint density at radius 2 is 2.08 bits per heavy atom. The quantitative estimate of drug-likeness (QED) is 0.245. The molecule has 3 amide bonds. The van der Waals surface area contributed by atoms with Crippen molar-refractivity contribution in [1.29, 1.82) is 0 Å². The average Bonchev–Trinajstić information content (AvgIpc) is 3.56. The van der Waals surface area contributed by atoms with Crippen molar-refractivity contribution >= 4 is 18.2 Å². The van der Waals surface area contributed by atoms with Crippen LogP contribution in [0.3, 0.4) is 0 Å². The molecule has 0 radical (unpaired) electrons. The number of hydroxylamine groups is 2. The van der Waals surface area contributed by atoms with Gasteiger partial charge in [-0.25, -0.2) is 5.06 Å². The number of likely N-dealkylation sites (tertiary alicyclic amines) is 1. The number of unbranched alkanes of at least 4 members (excludes halogenated alkanes) is 1. The number of nitrogens with zero attached hydrogens (tertiary/aromatic N) is 3. The third kappa shape index (κ3) is 6.96. The lowest BCUT2D eigenvalue weighted by molar-refractivity contribution is -0.155. The third-order valence-electron chi connectivity index (χ3n) is 6.82. The van der Waals surface area contributed by atoms with E-state index in [0.29, 0.717) is 36.7 Å². The Balaban J connectivity index is 1.63. The second-order valence-corrected chi connectivity index (χ2v) is 10.7. The number of furan rings is 1. The van der Waals surface area contributed by atoms with Gasteiger partial charge in [-0.1, -0.05) is 40.5 Å². The molecule has 1 aliphatic rings. The van der Waals surface area contributed by atoms with Gasteiger partial charge in [0.25, 0.3) is 0 Å². The zero-order chi connectivity index (χ0) is 26.3. The first-order valence-corrected chi connectivity index (χ1v) is 12.7. The van der Waals surface area contributed by atoms with Gasteiger partial charge in [-0.15, -0.1) is 0 Å². The van der Waals surface area contributed by atoms with E-state index < -0.39 is 17.4 Å². The molecule has 10 heteroatoms. The maximum Gasteiger partial charge on any atom is 0.245 e. The highest BCUT2D eigenvalue weighted by atomic mass is 16.5. The number of hydrogen-bond donors (Lipinski definition) is 3.